The zero-order valence-electron chi connectivity index (χ0n) is 10.5. The maximum atomic E-state index is 13.9. The van der Waals surface area contributed by atoms with Crippen LogP contribution in [0.4, 0.5) is 15.0 Å². The minimum atomic E-state index is -1.29. The van der Waals surface area contributed by atoms with E-state index in [2.05, 4.69) is 0 Å². The van der Waals surface area contributed by atoms with Crippen molar-refractivity contribution in [1.29, 1.82) is 0 Å². The lowest BCUT2D eigenvalue weighted by molar-refractivity contribution is -0.0993. The van der Waals surface area contributed by atoms with Gasteiger partial charge in [0.25, 0.3) is 0 Å². The zero-order chi connectivity index (χ0) is 15.7. The van der Waals surface area contributed by atoms with Gasteiger partial charge in [0, 0.05) is 11.1 Å². The van der Waals surface area contributed by atoms with Crippen LogP contribution >= 0.6 is 47.0 Å². The second kappa shape index (κ2) is 6.50. The van der Waals surface area contributed by atoms with Crippen molar-refractivity contribution in [2.45, 2.75) is 11.1 Å². The molecule has 0 aliphatic carbocycles. The third-order valence-corrected chi connectivity index (χ3v) is 3.78. The highest BCUT2D eigenvalue weighted by atomic mass is 35.5. The second-order valence-corrected chi connectivity index (χ2v) is 5.67. The molecule has 0 saturated carbocycles. The maximum Gasteiger partial charge on any atom is 0.370 e. The van der Waals surface area contributed by atoms with Crippen LogP contribution in [0, 0.1) is 0 Å². The summed E-state index contributed by atoms with van der Waals surface area (Å²) in [4.78, 5) is 11.8. The van der Waals surface area contributed by atoms with Crippen molar-refractivity contribution in [1.82, 2.24) is 10.2 Å². The van der Waals surface area contributed by atoms with E-state index >= 15 is 0 Å². The highest BCUT2D eigenvalue weighted by Gasteiger charge is 2.47. The molecule has 1 aromatic carbocycles. The van der Waals surface area contributed by atoms with Crippen molar-refractivity contribution < 1.29 is 14.0 Å². The van der Waals surface area contributed by atoms with Gasteiger partial charge in [0.1, 0.15) is 11.9 Å². The lowest BCUT2D eigenvalue weighted by Crippen LogP contribution is -2.43. The van der Waals surface area contributed by atoms with Gasteiger partial charge in [0.2, 0.25) is 0 Å². The fourth-order valence-corrected chi connectivity index (χ4v) is 2.79. The normalized spacial score (nSPS) is 19.5. The Labute approximate surface area is 140 Å². The van der Waals surface area contributed by atoms with E-state index in [1.807, 2.05) is 0 Å². The number of hydrogen-bond acceptors (Lipinski definition) is 4. The Morgan fingerprint density at radius 3 is 2.62 bits per heavy atom. The van der Waals surface area contributed by atoms with E-state index in [0.717, 1.165) is 9.91 Å². The van der Waals surface area contributed by atoms with Crippen LogP contribution in [0.2, 0.25) is 5.02 Å². The van der Waals surface area contributed by atoms with Gasteiger partial charge < -0.3 is 4.74 Å². The highest BCUT2D eigenvalue weighted by Crippen LogP contribution is 2.35. The van der Waals surface area contributed by atoms with Crippen molar-refractivity contribution in [3.05, 3.63) is 23.2 Å². The third kappa shape index (κ3) is 2.89. The Hall–Kier alpha value is -0.860. The summed E-state index contributed by atoms with van der Waals surface area (Å²) in [7, 11) is 1.46. The van der Waals surface area contributed by atoms with Gasteiger partial charge in [0.15, 0.2) is 4.96 Å². The molecule has 2 rings (SSSR count). The molecule has 0 aromatic heterocycles. The summed E-state index contributed by atoms with van der Waals surface area (Å²) in [6, 6.07) is 3.58. The molecule has 0 N–H and O–H groups in total. The van der Waals surface area contributed by atoms with Crippen LogP contribution in [-0.2, 0) is 0 Å². The van der Waals surface area contributed by atoms with E-state index in [4.69, 9.17) is 51.8 Å². The minimum Gasteiger partial charge on any atom is -0.495 e. The molecule has 1 aromatic rings. The molecule has 1 aliphatic rings. The molecule has 21 heavy (non-hydrogen) atoms. The standard InChI is InChI=1S/C11H9Cl3FN3O2S/c1-20-8-3-2-6(4-7(8)12)16-9(5-21)17(10(13)14)18(15)11(16)19/h2-5,9-10H,1H3. The first-order chi connectivity index (χ1) is 9.92. The number of hydrogen-bond donors (Lipinski definition) is 0. The molecule has 10 heteroatoms. The average Bonchev–Trinajstić information content (AvgIpc) is 2.70. The number of urea groups is 1. The third-order valence-electron chi connectivity index (χ3n) is 2.84. The van der Waals surface area contributed by atoms with Crippen LogP contribution in [0.15, 0.2) is 18.2 Å². The Bertz CT molecular complexity index is 578. The fraction of sp³-hybridized carbons (Fsp3) is 0.273. The van der Waals surface area contributed by atoms with Gasteiger partial charge in [-0.3, -0.25) is 4.90 Å². The van der Waals surface area contributed by atoms with Crippen molar-refractivity contribution in [2.24, 2.45) is 0 Å². The predicted octanol–water partition coefficient (Wildman–Crippen LogP) is 3.78. The summed E-state index contributed by atoms with van der Waals surface area (Å²) >= 11 is 22.2. The van der Waals surface area contributed by atoms with Gasteiger partial charge >= 0.3 is 6.03 Å². The van der Waals surface area contributed by atoms with Crippen LogP contribution in [0.25, 0.3) is 0 Å². The smallest absolute Gasteiger partial charge is 0.370 e. The van der Waals surface area contributed by atoms with E-state index in [9.17, 15) is 9.28 Å². The molecule has 5 nitrogen and oxygen atoms in total. The second-order valence-electron chi connectivity index (χ2n) is 3.94. The average molecular weight is 373 g/mol. The van der Waals surface area contributed by atoms with Gasteiger partial charge in [-0.25, -0.2) is 4.79 Å². The molecule has 2 amide bonds. The number of amides is 2. The van der Waals surface area contributed by atoms with Crippen LogP contribution in [0.1, 0.15) is 0 Å². The molecule has 1 aliphatic heterocycles. The van der Waals surface area contributed by atoms with Crippen molar-refractivity contribution in [2.75, 3.05) is 12.0 Å². The fourth-order valence-electron chi connectivity index (χ4n) is 1.91. The highest BCUT2D eigenvalue weighted by molar-refractivity contribution is 7.79. The van der Waals surface area contributed by atoms with E-state index < -0.39 is 17.2 Å². The van der Waals surface area contributed by atoms with Crippen LogP contribution in [0.5, 0.6) is 5.75 Å². The Balaban J connectivity index is 2.44. The maximum absolute atomic E-state index is 13.9. The summed E-state index contributed by atoms with van der Waals surface area (Å²) < 4.78 is 18.9. The molecule has 114 valence electrons. The van der Waals surface area contributed by atoms with Crippen molar-refractivity contribution in [3.63, 3.8) is 0 Å². The molecule has 0 bridgehead atoms. The van der Waals surface area contributed by atoms with Gasteiger partial charge in [-0.1, -0.05) is 56.7 Å². The number of methoxy groups -OCH3 is 1. The molecule has 0 spiro atoms. The number of alkyl halides is 2. The van der Waals surface area contributed by atoms with Crippen LogP contribution < -0.4 is 9.64 Å². The quantitative estimate of drug-likeness (QED) is 0.349. The number of halogens is 4. The topological polar surface area (TPSA) is 36.0 Å². The zero-order valence-corrected chi connectivity index (χ0v) is 13.6. The first-order valence-corrected chi connectivity index (χ1v) is 7.29. The predicted molar refractivity (Wildman–Crippen MR) is 83.6 cm³/mol. The summed E-state index contributed by atoms with van der Waals surface area (Å²) in [5.74, 6) is 0.424. The van der Waals surface area contributed by atoms with Gasteiger partial charge in [-0.05, 0) is 18.2 Å². The van der Waals surface area contributed by atoms with Crippen molar-refractivity contribution in [3.8, 4) is 5.75 Å². The van der Waals surface area contributed by atoms with Gasteiger partial charge in [-0.15, -0.1) is 5.01 Å². The van der Waals surface area contributed by atoms with Crippen LogP contribution in [-0.4, -0.2) is 39.9 Å². The molecule has 0 radical (unpaired) electrons. The summed E-state index contributed by atoms with van der Waals surface area (Å²) in [5, 5.41) is 2.04. The van der Waals surface area contributed by atoms with E-state index in [0.29, 0.717) is 11.4 Å². The monoisotopic (exact) mass is 371 g/mol. The lowest BCUT2D eigenvalue weighted by atomic mass is 10.2. The number of ether oxygens (including phenoxy) is 1. The summed E-state index contributed by atoms with van der Waals surface area (Å²) in [6.07, 6.45) is -0.957. The van der Waals surface area contributed by atoms with E-state index in [1.165, 1.54) is 18.5 Å². The number of hydrazine groups is 1. The number of thiocarbonyl (C=S) groups is 1. The number of benzene rings is 1. The Morgan fingerprint density at radius 1 is 1.48 bits per heavy atom. The molecule has 1 fully saturated rings. The molecular formula is C11H9Cl3FN3O2S. The van der Waals surface area contributed by atoms with Crippen molar-refractivity contribution >= 4 is 64.1 Å². The Kier molecular flexibility index (Phi) is 5.11. The number of carbonyl (C=O) groups is 1. The van der Waals surface area contributed by atoms with Gasteiger partial charge in [0.05, 0.1) is 12.1 Å². The summed E-state index contributed by atoms with van der Waals surface area (Å²) in [6.45, 7) is 0. The largest absolute Gasteiger partial charge is 0.495 e. The number of anilines is 1. The number of rotatable bonds is 4. The first kappa shape index (κ1) is 16.5. The molecule has 1 unspecified atom stereocenters. The molecule has 1 heterocycles. The first-order valence-electron chi connectivity index (χ1n) is 5.56. The number of carbonyl (C=O) groups excluding carboxylic acids is 1. The van der Waals surface area contributed by atoms with E-state index in [-0.39, 0.29) is 10.3 Å². The Morgan fingerprint density at radius 2 is 2.14 bits per heavy atom. The summed E-state index contributed by atoms with van der Waals surface area (Å²) in [5.41, 5.74) is 0.330. The lowest BCUT2D eigenvalue weighted by Gasteiger charge is -2.25. The van der Waals surface area contributed by atoms with Gasteiger partial charge in [-0.2, -0.15) is 0 Å². The molecule has 1 saturated heterocycles. The molecule has 1 atom stereocenters. The van der Waals surface area contributed by atoms with E-state index in [1.54, 1.807) is 12.1 Å². The SMILES string of the molecule is COc1ccc(N2C(=O)N(F)N(C(Cl)Cl)C2C=S)cc1Cl. The number of nitrogens with zero attached hydrogens (tertiary/aromatic N) is 3. The molecular weight excluding hydrogens is 364 g/mol. The van der Waals surface area contributed by atoms with Crippen LogP contribution in [0.3, 0.4) is 0 Å². The minimum absolute atomic E-state index is 0.184.